The summed E-state index contributed by atoms with van der Waals surface area (Å²) in [7, 11) is 5.35. The summed E-state index contributed by atoms with van der Waals surface area (Å²) in [5.41, 5.74) is 3.27. The van der Waals surface area contributed by atoms with Crippen LogP contribution in [0.3, 0.4) is 0 Å². The Kier molecular flexibility index (Phi) is 9.74. The third-order valence-corrected chi connectivity index (χ3v) is 9.72. The maximum atomic E-state index is 15.3. The van der Waals surface area contributed by atoms with Crippen molar-refractivity contribution in [1.29, 1.82) is 0 Å². The van der Waals surface area contributed by atoms with Crippen LogP contribution in [0.4, 0.5) is 10.2 Å². The van der Waals surface area contributed by atoms with E-state index in [4.69, 9.17) is 14.2 Å². The van der Waals surface area contributed by atoms with E-state index in [2.05, 4.69) is 77.1 Å². The van der Waals surface area contributed by atoms with Gasteiger partial charge in [-0.25, -0.2) is 4.39 Å². The average molecular weight is 617 g/mol. The number of hydrogen-bond donors (Lipinski definition) is 1. The normalized spacial score (nSPS) is 21.9. The number of H-pyrrole nitrogens is 1. The number of benzene rings is 2. The maximum Gasteiger partial charge on any atom is 0.188 e. The number of likely N-dealkylation sites (tertiary alicyclic amines) is 1. The number of nitrogens with zero attached hydrogens (tertiary/aromatic N) is 5. The molecule has 0 spiro atoms. The zero-order valence-corrected chi connectivity index (χ0v) is 27.4. The van der Waals surface area contributed by atoms with E-state index in [-0.39, 0.29) is 23.9 Å². The van der Waals surface area contributed by atoms with Crippen molar-refractivity contribution < 1.29 is 18.6 Å². The predicted octanol–water partition coefficient (Wildman–Crippen LogP) is 7.10. The molecule has 45 heavy (non-hydrogen) atoms. The third-order valence-electron chi connectivity index (χ3n) is 9.72. The molecule has 0 bridgehead atoms. The van der Waals surface area contributed by atoms with Crippen LogP contribution in [0.5, 0.6) is 11.5 Å². The molecule has 1 saturated heterocycles. The zero-order valence-electron chi connectivity index (χ0n) is 27.4. The van der Waals surface area contributed by atoms with Crippen LogP contribution >= 0.6 is 0 Å². The van der Waals surface area contributed by atoms with E-state index in [1.165, 1.54) is 11.6 Å². The number of nitrogens with one attached hydrogen (secondary N) is 1. The summed E-state index contributed by atoms with van der Waals surface area (Å²) in [4.78, 5) is 4.97. The van der Waals surface area contributed by atoms with E-state index in [1.807, 2.05) is 24.3 Å². The number of hydrogen-bond acceptors (Lipinski definition) is 8. The number of aromatic amines is 1. The minimum Gasteiger partial charge on any atom is -0.497 e. The molecular weight excluding hydrogens is 571 g/mol. The molecular formula is C35H45FN6O3. The Balaban J connectivity index is 1.39. The molecule has 9 nitrogen and oxygen atoms in total. The number of piperidine rings is 1. The van der Waals surface area contributed by atoms with Crippen LogP contribution < -0.4 is 14.4 Å². The summed E-state index contributed by atoms with van der Waals surface area (Å²) in [5.74, 6) is 1.70. The number of halogens is 1. The van der Waals surface area contributed by atoms with Crippen LogP contribution in [0.15, 0.2) is 60.9 Å². The van der Waals surface area contributed by atoms with Crippen LogP contribution in [0.25, 0.3) is 22.4 Å². The van der Waals surface area contributed by atoms with E-state index in [1.54, 1.807) is 32.7 Å². The van der Waals surface area contributed by atoms with Crippen LogP contribution in [-0.4, -0.2) is 70.5 Å². The predicted molar refractivity (Wildman–Crippen MR) is 175 cm³/mol. The summed E-state index contributed by atoms with van der Waals surface area (Å²) < 4.78 is 31.6. The van der Waals surface area contributed by atoms with E-state index in [0.29, 0.717) is 28.1 Å². The van der Waals surface area contributed by atoms with Gasteiger partial charge in [-0.15, -0.1) is 10.2 Å². The van der Waals surface area contributed by atoms with E-state index in [0.717, 1.165) is 43.8 Å². The highest BCUT2D eigenvalue weighted by Gasteiger charge is 2.49. The lowest BCUT2D eigenvalue weighted by Gasteiger charge is -2.59. The average Bonchev–Trinajstić information content (AvgIpc) is 3.60. The highest BCUT2D eigenvalue weighted by Crippen LogP contribution is 2.45. The van der Waals surface area contributed by atoms with E-state index < -0.39 is 5.82 Å². The Bertz CT molecular complexity index is 1530. The van der Waals surface area contributed by atoms with Gasteiger partial charge in [0.1, 0.15) is 17.3 Å². The van der Waals surface area contributed by atoms with Crippen molar-refractivity contribution >= 4 is 5.82 Å². The molecule has 0 aliphatic carbocycles. The summed E-state index contributed by atoms with van der Waals surface area (Å²) >= 11 is 0. The quantitative estimate of drug-likeness (QED) is 0.169. The van der Waals surface area contributed by atoms with Crippen molar-refractivity contribution in [2.75, 3.05) is 33.0 Å². The molecule has 240 valence electrons. The third kappa shape index (κ3) is 6.67. The van der Waals surface area contributed by atoms with Gasteiger partial charge >= 0.3 is 0 Å². The van der Waals surface area contributed by atoms with Crippen molar-refractivity contribution in [3.8, 4) is 33.9 Å². The molecule has 3 atom stereocenters. The Morgan fingerprint density at radius 3 is 2.24 bits per heavy atom. The van der Waals surface area contributed by atoms with Crippen LogP contribution in [0, 0.1) is 5.82 Å². The maximum absolute atomic E-state index is 15.3. The minimum atomic E-state index is -0.404. The molecule has 5 rings (SSSR count). The van der Waals surface area contributed by atoms with E-state index >= 15 is 4.39 Å². The summed E-state index contributed by atoms with van der Waals surface area (Å²) in [6, 6.07) is 15.6. The SMILES string of the molecule is CC[C@@]1(C)CC(N(C)c2ccc(-c3cc(F)c(-c4cn[nH]c4)cc3OCOC)nn2)C[C@@](C)(CC)N1Cc1ccc(OC)cc1. The number of rotatable bonds is 12. The van der Waals surface area contributed by atoms with Crippen LogP contribution in [-0.2, 0) is 11.3 Å². The molecule has 2 aromatic carbocycles. The Labute approximate surface area is 265 Å². The zero-order chi connectivity index (χ0) is 32.2. The monoisotopic (exact) mass is 616 g/mol. The lowest BCUT2D eigenvalue weighted by atomic mass is 9.72. The van der Waals surface area contributed by atoms with Crippen molar-refractivity contribution in [2.24, 2.45) is 0 Å². The number of aromatic nitrogens is 4. The molecule has 0 amide bonds. The van der Waals surface area contributed by atoms with Gasteiger partial charge in [-0.05, 0) is 81.5 Å². The smallest absolute Gasteiger partial charge is 0.188 e. The molecule has 2 aromatic heterocycles. The molecule has 1 unspecified atom stereocenters. The van der Waals surface area contributed by atoms with Gasteiger partial charge in [0.15, 0.2) is 12.6 Å². The van der Waals surface area contributed by atoms with Crippen molar-refractivity contribution in [3.63, 3.8) is 0 Å². The van der Waals surface area contributed by atoms with Crippen molar-refractivity contribution in [3.05, 3.63) is 72.3 Å². The fourth-order valence-electron chi connectivity index (χ4n) is 6.66. The Hall–Kier alpha value is -4.02. The molecule has 10 heteroatoms. The van der Waals surface area contributed by atoms with Crippen LogP contribution in [0.2, 0.25) is 0 Å². The number of methoxy groups -OCH3 is 2. The fourth-order valence-corrected chi connectivity index (χ4v) is 6.66. The van der Waals surface area contributed by atoms with Gasteiger partial charge in [-0.1, -0.05) is 26.0 Å². The highest BCUT2D eigenvalue weighted by molar-refractivity contribution is 5.75. The van der Waals surface area contributed by atoms with Gasteiger partial charge in [0.2, 0.25) is 0 Å². The highest BCUT2D eigenvalue weighted by atomic mass is 19.1. The summed E-state index contributed by atoms with van der Waals surface area (Å²) in [6.07, 6.45) is 7.24. The second-order valence-corrected chi connectivity index (χ2v) is 12.5. The van der Waals surface area contributed by atoms with E-state index in [9.17, 15) is 0 Å². The van der Waals surface area contributed by atoms with Gasteiger partial charge in [0.05, 0.1) is 19.0 Å². The van der Waals surface area contributed by atoms with Gasteiger partial charge in [0, 0.05) is 60.7 Å². The van der Waals surface area contributed by atoms with Crippen LogP contribution in [0.1, 0.15) is 58.9 Å². The molecule has 3 heterocycles. The molecule has 1 N–H and O–H groups in total. The second-order valence-electron chi connectivity index (χ2n) is 12.5. The summed E-state index contributed by atoms with van der Waals surface area (Å²) in [5, 5.41) is 15.8. The van der Waals surface area contributed by atoms with Gasteiger partial charge in [-0.2, -0.15) is 5.10 Å². The molecule has 4 aromatic rings. The standard InChI is InChI=1S/C35H45FN6O3/c1-8-34(3)18-26(19-35(4,9-2)42(34)22-24-10-12-27(44-7)13-11-24)41(5)33-15-14-31(39-40-33)29-16-30(36)28(25-20-37-38-21-25)17-32(29)45-23-43-6/h10-17,20-21,26H,8-9,18-19,22-23H2,1-7H3,(H,37,38)/t26?,34-,35+. The van der Waals surface area contributed by atoms with Gasteiger partial charge in [0.25, 0.3) is 0 Å². The molecule has 1 aliphatic rings. The topological polar surface area (TPSA) is 88.6 Å². The first kappa shape index (κ1) is 32.4. The first-order chi connectivity index (χ1) is 21.6. The van der Waals surface area contributed by atoms with Crippen molar-refractivity contribution in [2.45, 2.75) is 77.0 Å². The lowest BCUT2D eigenvalue weighted by molar-refractivity contribution is -0.0659. The summed E-state index contributed by atoms with van der Waals surface area (Å²) in [6.45, 7) is 10.3. The van der Waals surface area contributed by atoms with Gasteiger partial charge < -0.3 is 19.1 Å². The minimum absolute atomic E-state index is 0.0151. The largest absolute Gasteiger partial charge is 0.497 e. The molecule has 1 aliphatic heterocycles. The van der Waals surface area contributed by atoms with Gasteiger partial charge in [-0.3, -0.25) is 10.00 Å². The van der Waals surface area contributed by atoms with Crippen molar-refractivity contribution in [1.82, 2.24) is 25.3 Å². The Morgan fingerprint density at radius 2 is 1.69 bits per heavy atom. The Morgan fingerprint density at radius 1 is 0.978 bits per heavy atom. The first-order valence-corrected chi connectivity index (χ1v) is 15.6. The molecule has 1 fully saturated rings. The molecule has 0 saturated carbocycles. The number of ether oxygens (including phenoxy) is 3. The lowest BCUT2D eigenvalue weighted by Crippen LogP contribution is -2.65. The number of anilines is 1. The fraction of sp³-hybridized carbons (Fsp3) is 0.457. The molecule has 0 radical (unpaired) electrons. The first-order valence-electron chi connectivity index (χ1n) is 15.6. The second kappa shape index (κ2) is 13.5.